The van der Waals surface area contributed by atoms with E-state index in [1.807, 2.05) is 32.6 Å². The van der Waals surface area contributed by atoms with Gasteiger partial charge >= 0.3 is 0 Å². The lowest BCUT2D eigenvalue weighted by atomic mass is 9.85. The highest BCUT2D eigenvalue weighted by atomic mass is 16.2. The monoisotopic (exact) mass is 282 g/mol. The largest absolute Gasteiger partial charge is 0.344 e. The van der Waals surface area contributed by atoms with Crippen molar-refractivity contribution < 1.29 is 9.59 Å². The van der Waals surface area contributed by atoms with Gasteiger partial charge in [0.1, 0.15) is 6.04 Å². The number of nitrogens with zero attached hydrogens (tertiary/aromatic N) is 1. The highest BCUT2D eigenvalue weighted by molar-refractivity contribution is 5.91. The first-order chi connectivity index (χ1) is 9.20. The van der Waals surface area contributed by atoms with Crippen molar-refractivity contribution in [1.29, 1.82) is 0 Å². The molecule has 116 valence electrons. The Labute approximate surface area is 123 Å². The molecule has 0 aromatic carbocycles. The Bertz CT molecular complexity index is 356. The fraction of sp³-hybridized carbons (Fsp3) is 0.875. The molecule has 4 nitrogen and oxygen atoms in total. The maximum absolute atomic E-state index is 12.8. The number of rotatable bonds is 4. The molecule has 1 heterocycles. The topological polar surface area (TPSA) is 49.4 Å². The molecule has 0 saturated carbocycles. The third-order valence-electron chi connectivity index (χ3n) is 4.32. The van der Waals surface area contributed by atoms with Crippen LogP contribution in [0, 0.1) is 11.3 Å². The van der Waals surface area contributed by atoms with E-state index < -0.39 is 6.04 Å². The summed E-state index contributed by atoms with van der Waals surface area (Å²) < 4.78 is 0. The Kier molecular flexibility index (Phi) is 5.60. The van der Waals surface area contributed by atoms with Crippen LogP contribution in [0.4, 0.5) is 0 Å². The fourth-order valence-electron chi connectivity index (χ4n) is 2.73. The van der Waals surface area contributed by atoms with Crippen LogP contribution in [0.2, 0.25) is 0 Å². The maximum Gasteiger partial charge on any atom is 0.245 e. The van der Waals surface area contributed by atoms with E-state index in [1.165, 1.54) is 0 Å². The lowest BCUT2D eigenvalue weighted by Gasteiger charge is -2.35. The SMILES string of the molecule is CCC(CC)CN1C(=O)C(C(C)(C)C)NC(=O)CC1C. The van der Waals surface area contributed by atoms with Crippen LogP contribution in [0.5, 0.6) is 0 Å². The van der Waals surface area contributed by atoms with Gasteiger partial charge in [0, 0.05) is 19.0 Å². The third kappa shape index (κ3) is 3.97. The summed E-state index contributed by atoms with van der Waals surface area (Å²) in [7, 11) is 0. The summed E-state index contributed by atoms with van der Waals surface area (Å²) in [5.74, 6) is 0.566. The molecule has 4 heteroatoms. The first-order valence-corrected chi connectivity index (χ1v) is 7.80. The molecule has 1 aliphatic heterocycles. The highest BCUT2D eigenvalue weighted by Gasteiger charge is 2.40. The Morgan fingerprint density at radius 3 is 2.25 bits per heavy atom. The summed E-state index contributed by atoms with van der Waals surface area (Å²) in [5, 5.41) is 2.91. The summed E-state index contributed by atoms with van der Waals surface area (Å²) >= 11 is 0. The van der Waals surface area contributed by atoms with Crippen LogP contribution < -0.4 is 5.32 Å². The van der Waals surface area contributed by atoms with E-state index in [2.05, 4.69) is 19.2 Å². The first kappa shape index (κ1) is 17.0. The van der Waals surface area contributed by atoms with Crippen molar-refractivity contribution in [2.24, 2.45) is 11.3 Å². The zero-order chi connectivity index (χ0) is 15.5. The Morgan fingerprint density at radius 2 is 1.80 bits per heavy atom. The number of nitrogens with one attached hydrogen (secondary N) is 1. The predicted octanol–water partition coefficient (Wildman–Crippen LogP) is 2.57. The Morgan fingerprint density at radius 1 is 1.25 bits per heavy atom. The molecule has 0 spiro atoms. The lowest BCUT2D eigenvalue weighted by molar-refractivity contribution is -0.138. The summed E-state index contributed by atoms with van der Waals surface area (Å²) in [6.45, 7) is 13.1. The molecule has 1 aliphatic rings. The highest BCUT2D eigenvalue weighted by Crippen LogP contribution is 2.26. The Balaban J connectivity index is 3.00. The minimum Gasteiger partial charge on any atom is -0.344 e. The quantitative estimate of drug-likeness (QED) is 0.861. The summed E-state index contributed by atoms with van der Waals surface area (Å²) in [6.07, 6.45) is 2.53. The molecule has 1 saturated heterocycles. The summed E-state index contributed by atoms with van der Waals surface area (Å²) in [4.78, 5) is 26.7. The van der Waals surface area contributed by atoms with Gasteiger partial charge in [-0.05, 0) is 18.3 Å². The van der Waals surface area contributed by atoms with Gasteiger partial charge < -0.3 is 10.2 Å². The standard InChI is InChI=1S/C16H30N2O2/c1-7-12(8-2)10-18-11(3)9-13(19)17-14(15(18)20)16(4,5)6/h11-12,14H,7-10H2,1-6H3,(H,17,19). The van der Waals surface area contributed by atoms with Crippen molar-refractivity contribution in [2.45, 2.75) is 72.9 Å². The van der Waals surface area contributed by atoms with E-state index in [0.717, 1.165) is 19.4 Å². The van der Waals surface area contributed by atoms with Crippen molar-refractivity contribution in [3.05, 3.63) is 0 Å². The molecule has 1 rings (SSSR count). The number of amides is 2. The van der Waals surface area contributed by atoms with E-state index in [4.69, 9.17) is 0 Å². The molecule has 0 aliphatic carbocycles. The third-order valence-corrected chi connectivity index (χ3v) is 4.32. The molecule has 1 fully saturated rings. The van der Waals surface area contributed by atoms with Crippen LogP contribution in [-0.4, -0.2) is 35.3 Å². The van der Waals surface area contributed by atoms with Gasteiger partial charge in [-0.25, -0.2) is 0 Å². The van der Waals surface area contributed by atoms with Gasteiger partial charge in [0.15, 0.2) is 0 Å². The van der Waals surface area contributed by atoms with E-state index in [0.29, 0.717) is 12.3 Å². The van der Waals surface area contributed by atoms with Crippen molar-refractivity contribution >= 4 is 11.8 Å². The minimum atomic E-state index is -0.422. The number of hydrogen-bond acceptors (Lipinski definition) is 2. The average Bonchev–Trinajstić information content (AvgIpc) is 2.44. The lowest BCUT2D eigenvalue weighted by Crippen LogP contribution is -2.53. The molecule has 2 amide bonds. The average molecular weight is 282 g/mol. The van der Waals surface area contributed by atoms with E-state index in [9.17, 15) is 9.59 Å². The van der Waals surface area contributed by atoms with E-state index in [-0.39, 0.29) is 23.3 Å². The molecule has 0 aromatic heterocycles. The predicted molar refractivity (Wildman–Crippen MR) is 81.2 cm³/mol. The number of carbonyl (C=O) groups is 2. The maximum atomic E-state index is 12.8. The van der Waals surface area contributed by atoms with Crippen molar-refractivity contribution in [3.8, 4) is 0 Å². The van der Waals surface area contributed by atoms with Gasteiger partial charge in [-0.15, -0.1) is 0 Å². The van der Waals surface area contributed by atoms with Crippen molar-refractivity contribution in [2.75, 3.05) is 6.54 Å². The van der Waals surface area contributed by atoms with Crippen LogP contribution in [0.15, 0.2) is 0 Å². The zero-order valence-electron chi connectivity index (χ0n) is 13.8. The van der Waals surface area contributed by atoms with Crippen LogP contribution in [0.1, 0.15) is 60.8 Å². The molecule has 2 atom stereocenters. The molecular weight excluding hydrogens is 252 g/mol. The van der Waals surface area contributed by atoms with Crippen LogP contribution >= 0.6 is 0 Å². The molecule has 0 aromatic rings. The van der Waals surface area contributed by atoms with Crippen LogP contribution in [0.3, 0.4) is 0 Å². The van der Waals surface area contributed by atoms with Crippen molar-refractivity contribution in [3.63, 3.8) is 0 Å². The van der Waals surface area contributed by atoms with Gasteiger partial charge in [-0.2, -0.15) is 0 Å². The van der Waals surface area contributed by atoms with Crippen LogP contribution in [0.25, 0.3) is 0 Å². The van der Waals surface area contributed by atoms with Gasteiger partial charge in [0.05, 0.1) is 0 Å². The van der Waals surface area contributed by atoms with E-state index in [1.54, 1.807) is 0 Å². The number of carbonyl (C=O) groups excluding carboxylic acids is 2. The van der Waals surface area contributed by atoms with Crippen LogP contribution in [-0.2, 0) is 9.59 Å². The Hall–Kier alpha value is -1.06. The molecule has 0 bridgehead atoms. The molecule has 1 N–H and O–H groups in total. The molecule has 20 heavy (non-hydrogen) atoms. The smallest absolute Gasteiger partial charge is 0.245 e. The second kappa shape index (κ2) is 6.59. The first-order valence-electron chi connectivity index (χ1n) is 7.80. The van der Waals surface area contributed by atoms with Gasteiger partial charge in [0.25, 0.3) is 0 Å². The number of hydrogen-bond donors (Lipinski definition) is 1. The van der Waals surface area contributed by atoms with Gasteiger partial charge in [0.2, 0.25) is 11.8 Å². The van der Waals surface area contributed by atoms with Gasteiger partial charge in [-0.1, -0.05) is 47.5 Å². The zero-order valence-corrected chi connectivity index (χ0v) is 13.8. The minimum absolute atomic E-state index is 0.0159. The second-order valence-corrected chi connectivity index (χ2v) is 7.09. The molecule has 0 radical (unpaired) electrons. The van der Waals surface area contributed by atoms with E-state index >= 15 is 0 Å². The second-order valence-electron chi connectivity index (χ2n) is 7.09. The van der Waals surface area contributed by atoms with Gasteiger partial charge in [-0.3, -0.25) is 9.59 Å². The normalized spacial score (nSPS) is 24.9. The summed E-state index contributed by atoms with van der Waals surface area (Å²) in [5.41, 5.74) is -0.261. The fourth-order valence-corrected chi connectivity index (χ4v) is 2.73. The summed E-state index contributed by atoms with van der Waals surface area (Å²) in [6, 6.07) is -0.440. The molecule has 2 unspecified atom stereocenters. The van der Waals surface area contributed by atoms with Crippen molar-refractivity contribution in [1.82, 2.24) is 10.2 Å². The molecular formula is C16H30N2O2.